The van der Waals surface area contributed by atoms with E-state index >= 15 is 0 Å². The number of rotatable bonds is 4. The van der Waals surface area contributed by atoms with E-state index in [1.165, 1.54) is 17.0 Å². The Morgan fingerprint density at radius 2 is 1.93 bits per heavy atom. The van der Waals surface area contributed by atoms with Gasteiger partial charge in [-0.15, -0.1) is 11.6 Å². The summed E-state index contributed by atoms with van der Waals surface area (Å²) >= 11 is 6.17. The van der Waals surface area contributed by atoms with Gasteiger partial charge in [-0.25, -0.2) is 9.18 Å². The Labute approximate surface area is 174 Å². The second kappa shape index (κ2) is 8.11. The predicted octanol–water partition coefficient (Wildman–Crippen LogP) is 2.70. The van der Waals surface area contributed by atoms with E-state index in [1.54, 1.807) is 17.0 Å². The lowest BCUT2D eigenvalue weighted by atomic mass is 9.85. The fraction of sp³-hybridized carbons (Fsp3) is 0.619. The molecule has 2 heterocycles. The molecule has 3 atom stereocenters. The largest absolute Gasteiger partial charge is 0.444 e. The molecule has 8 heteroatoms. The van der Waals surface area contributed by atoms with Gasteiger partial charge in [-0.3, -0.25) is 9.69 Å². The summed E-state index contributed by atoms with van der Waals surface area (Å²) in [5, 5.41) is 10.9. The van der Waals surface area contributed by atoms with Crippen LogP contribution in [0.5, 0.6) is 0 Å². The molecule has 3 aliphatic rings. The number of benzene rings is 1. The number of aliphatic hydroxyl groups is 1. The summed E-state index contributed by atoms with van der Waals surface area (Å²) < 4.78 is 18.5. The lowest BCUT2D eigenvalue weighted by Crippen LogP contribution is -2.51. The van der Waals surface area contributed by atoms with Gasteiger partial charge in [0.15, 0.2) is 0 Å². The highest BCUT2D eigenvalue weighted by Gasteiger charge is 2.46. The summed E-state index contributed by atoms with van der Waals surface area (Å²) in [6, 6.07) is 6.04. The van der Waals surface area contributed by atoms with Gasteiger partial charge in [0.25, 0.3) is 0 Å². The van der Waals surface area contributed by atoms with Crippen molar-refractivity contribution in [3.63, 3.8) is 0 Å². The molecule has 4 rings (SSSR count). The van der Waals surface area contributed by atoms with Crippen LogP contribution in [0.15, 0.2) is 24.3 Å². The summed E-state index contributed by atoms with van der Waals surface area (Å²) in [4.78, 5) is 28.2. The molecule has 0 spiro atoms. The molecule has 6 nitrogen and oxygen atoms in total. The van der Waals surface area contributed by atoms with Gasteiger partial charge in [0, 0.05) is 31.3 Å². The Balaban J connectivity index is 1.31. The lowest BCUT2D eigenvalue weighted by molar-refractivity contribution is -0.136. The summed E-state index contributed by atoms with van der Waals surface area (Å²) in [5.74, 6) is -0.428. The van der Waals surface area contributed by atoms with Crippen LogP contribution < -0.4 is 0 Å². The number of nitrogens with zero attached hydrogens (tertiary/aromatic N) is 2. The van der Waals surface area contributed by atoms with Gasteiger partial charge < -0.3 is 14.7 Å². The van der Waals surface area contributed by atoms with E-state index in [9.17, 15) is 19.1 Å². The van der Waals surface area contributed by atoms with Crippen LogP contribution in [0, 0.1) is 5.82 Å². The van der Waals surface area contributed by atoms with Crippen molar-refractivity contribution in [1.82, 2.24) is 9.80 Å². The van der Waals surface area contributed by atoms with Crippen LogP contribution in [0.4, 0.5) is 9.18 Å². The number of carbonyl (C=O) groups is 2. The molecule has 0 bridgehead atoms. The van der Waals surface area contributed by atoms with Crippen LogP contribution in [-0.2, 0) is 16.0 Å². The fourth-order valence-electron chi connectivity index (χ4n) is 4.64. The topological polar surface area (TPSA) is 70.1 Å². The highest BCUT2D eigenvalue weighted by molar-refractivity contribution is 6.20. The molecule has 2 amide bonds. The first-order valence-electron chi connectivity index (χ1n) is 10.2. The average Bonchev–Trinajstić information content (AvgIpc) is 2.98. The summed E-state index contributed by atoms with van der Waals surface area (Å²) in [6.07, 6.45) is 2.83. The molecule has 3 fully saturated rings. The zero-order chi connectivity index (χ0) is 20.6. The number of ether oxygens (including phenoxy) is 1. The number of amides is 2. The number of likely N-dealkylation sites (tertiary alicyclic amines) is 1. The first-order valence-corrected chi connectivity index (χ1v) is 10.6. The Morgan fingerprint density at radius 1 is 1.24 bits per heavy atom. The van der Waals surface area contributed by atoms with Crippen molar-refractivity contribution >= 4 is 23.6 Å². The molecule has 1 aliphatic carbocycles. The van der Waals surface area contributed by atoms with Crippen LogP contribution in [0.3, 0.4) is 0 Å². The molecule has 29 heavy (non-hydrogen) atoms. The quantitative estimate of drug-likeness (QED) is 0.754. The van der Waals surface area contributed by atoms with Crippen LogP contribution in [0.2, 0.25) is 0 Å². The van der Waals surface area contributed by atoms with Gasteiger partial charge in [0.05, 0.1) is 11.6 Å². The van der Waals surface area contributed by atoms with Gasteiger partial charge in [0.1, 0.15) is 18.5 Å². The summed E-state index contributed by atoms with van der Waals surface area (Å²) in [6.45, 7) is 0.859. The van der Waals surface area contributed by atoms with Gasteiger partial charge in [0.2, 0.25) is 5.91 Å². The Kier molecular flexibility index (Phi) is 5.71. The minimum atomic E-state index is -0.912. The van der Waals surface area contributed by atoms with Crippen molar-refractivity contribution < 1.29 is 23.8 Å². The molecule has 1 saturated carbocycles. The lowest BCUT2D eigenvalue weighted by Gasteiger charge is -2.39. The van der Waals surface area contributed by atoms with E-state index in [2.05, 4.69) is 0 Å². The van der Waals surface area contributed by atoms with Crippen molar-refractivity contribution in [1.29, 1.82) is 0 Å². The van der Waals surface area contributed by atoms with Crippen molar-refractivity contribution in [2.75, 3.05) is 19.6 Å². The molecule has 0 radical (unpaired) electrons. The van der Waals surface area contributed by atoms with Gasteiger partial charge in [-0.2, -0.15) is 0 Å². The number of carbonyl (C=O) groups excluding carboxylic acids is 2. The highest BCUT2D eigenvalue weighted by atomic mass is 35.5. The van der Waals surface area contributed by atoms with E-state index in [-0.39, 0.29) is 35.8 Å². The van der Waals surface area contributed by atoms with E-state index in [4.69, 9.17) is 16.3 Å². The van der Waals surface area contributed by atoms with Gasteiger partial charge in [-0.05, 0) is 43.4 Å². The van der Waals surface area contributed by atoms with Gasteiger partial charge in [-0.1, -0.05) is 12.1 Å². The molecule has 1 N–H and O–H groups in total. The third-order valence-electron chi connectivity index (χ3n) is 6.38. The first-order chi connectivity index (χ1) is 13.8. The fourth-order valence-corrected chi connectivity index (χ4v) is 4.94. The second-order valence-electron chi connectivity index (χ2n) is 8.44. The number of fused-ring (bicyclic) bond motifs is 1. The van der Waals surface area contributed by atoms with E-state index in [0.29, 0.717) is 38.8 Å². The van der Waals surface area contributed by atoms with Crippen LogP contribution in [-0.4, -0.2) is 69.7 Å². The third kappa shape index (κ3) is 4.51. The van der Waals surface area contributed by atoms with E-state index in [1.807, 2.05) is 0 Å². The Hall–Kier alpha value is -1.86. The zero-order valence-electron chi connectivity index (χ0n) is 16.2. The van der Waals surface area contributed by atoms with E-state index < -0.39 is 11.7 Å². The van der Waals surface area contributed by atoms with Crippen molar-refractivity contribution in [2.45, 2.75) is 61.6 Å². The van der Waals surface area contributed by atoms with Crippen LogP contribution in [0.1, 0.15) is 37.7 Å². The van der Waals surface area contributed by atoms with Crippen molar-refractivity contribution in [3.05, 3.63) is 35.6 Å². The van der Waals surface area contributed by atoms with Gasteiger partial charge >= 0.3 is 6.09 Å². The third-order valence-corrected chi connectivity index (χ3v) is 6.78. The minimum Gasteiger partial charge on any atom is -0.444 e. The minimum absolute atomic E-state index is 0.00332. The molecule has 2 saturated heterocycles. The van der Waals surface area contributed by atoms with Crippen LogP contribution in [0.25, 0.3) is 0 Å². The SMILES string of the molecule is O=C(CN1C(=O)OC2CC(Cl)CC[C@H]21)N1CCC(O)(Cc2ccc(F)cc2)CC1. The maximum absolute atomic E-state index is 13.1. The van der Waals surface area contributed by atoms with Crippen molar-refractivity contribution in [3.8, 4) is 0 Å². The molecular weight excluding hydrogens is 399 g/mol. The maximum Gasteiger partial charge on any atom is 0.410 e. The number of piperidine rings is 1. The standard InChI is InChI=1S/C21H26ClFN2O4/c22-15-3-6-17-18(11-15)29-20(27)25(17)13-19(26)24-9-7-21(28,8-10-24)12-14-1-4-16(23)5-2-14/h1-2,4-5,15,17-18,28H,3,6-13H2/t15?,17-,18?/m1/s1. The second-order valence-corrected chi connectivity index (χ2v) is 9.05. The monoisotopic (exact) mass is 424 g/mol. The molecule has 158 valence electrons. The molecule has 1 aromatic carbocycles. The number of hydrogen-bond donors (Lipinski definition) is 1. The van der Waals surface area contributed by atoms with Crippen LogP contribution >= 0.6 is 11.6 Å². The predicted molar refractivity (Wildman–Crippen MR) is 105 cm³/mol. The smallest absolute Gasteiger partial charge is 0.410 e. The summed E-state index contributed by atoms with van der Waals surface area (Å²) in [5.41, 5.74) is -0.0419. The normalized spacial score (nSPS) is 28.8. The molecule has 0 aromatic heterocycles. The Bertz CT molecular complexity index is 766. The first kappa shape index (κ1) is 20.4. The zero-order valence-corrected chi connectivity index (χ0v) is 17.0. The molecule has 2 aliphatic heterocycles. The summed E-state index contributed by atoms with van der Waals surface area (Å²) in [7, 11) is 0. The number of hydrogen-bond acceptors (Lipinski definition) is 4. The van der Waals surface area contributed by atoms with Crippen molar-refractivity contribution in [2.24, 2.45) is 0 Å². The maximum atomic E-state index is 13.1. The number of alkyl halides is 1. The average molecular weight is 425 g/mol. The number of halogens is 2. The molecule has 2 unspecified atom stereocenters. The molecule has 1 aromatic rings. The highest BCUT2D eigenvalue weighted by Crippen LogP contribution is 2.34. The Morgan fingerprint density at radius 3 is 2.62 bits per heavy atom. The molecular formula is C21H26ClFN2O4. The van der Waals surface area contributed by atoms with E-state index in [0.717, 1.165) is 18.4 Å².